The molecule has 0 radical (unpaired) electrons. The molecule has 2 aliphatic heterocycles. The van der Waals surface area contributed by atoms with Crippen LogP contribution in [0.4, 0.5) is 0 Å². The normalized spacial score (nSPS) is 30.2. The van der Waals surface area contributed by atoms with Crippen LogP contribution >= 0.6 is 0 Å². The van der Waals surface area contributed by atoms with Crippen LogP contribution in [0.3, 0.4) is 0 Å². The third-order valence-electron chi connectivity index (χ3n) is 3.54. The fraction of sp³-hybridized carbons (Fsp3) is 0.818. The van der Waals surface area contributed by atoms with Gasteiger partial charge < -0.3 is 4.74 Å². The number of rotatable bonds is 3. The second kappa shape index (κ2) is 5.37. The number of hydrogen-bond acceptors (Lipinski definition) is 5. The third-order valence-corrected chi connectivity index (χ3v) is 5.83. The zero-order chi connectivity index (χ0) is 12.3. The van der Waals surface area contributed by atoms with Crippen molar-refractivity contribution in [3.05, 3.63) is 11.8 Å². The molecule has 0 amide bonds. The van der Waals surface area contributed by atoms with E-state index < -0.39 is 15.1 Å². The van der Waals surface area contributed by atoms with Crippen LogP contribution in [0.5, 0.6) is 0 Å². The lowest BCUT2D eigenvalue weighted by molar-refractivity contribution is 0.218. The van der Waals surface area contributed by atoms with Gasteiger partial charge in [-0.05, 0) is 31.3 Å². The summed E-state index contributed by atoms with van der Waals surface area (Å²) < 4.78 is 29.4. The van der Waals surface area contributed by atoms with Gasteiger partial charge in [0.05, 0.1) is 29.9 Å². The summed E-state index contributed by atoms with van der Waals surface area (Å²) in [7, 11) is -3.02. The number of hydrogen-bond donors (Lipinski definition) is 2. The SMILES string of the molecule is NNC(C1=COCCC1)C1CCCCS1(=O)=O. The molecule has 0 aromatic carbocycles. The van der Waals surface area contributed by atoms with Crippen LogP contribution < -0.4 is 11.3 Å². The Morgan fingerprint density at radius 2 is 2.24 bits per heavy atom. The van der Waals surface area contributed by atoms with Gasteiger partial charge in [-0.25, -0.2) is 8.42 Å². The Labute approximate surface area is 102 Å². The van der Waals surface area contributed by atoms with Gasteiger partial charge >= 0.3 is 0 Å². The van der Waals surface area contributed by atoms with Gasteiger partial charge in [-0.1, -0.05) is 6.42 Å². The highest BCUT2D eigenvalue weighted by Gasteiger charge is 2.37. The summed E-state index contributed by atoms with van der Waals surface area (Å²) in [5, 5.41) is -0.394. The van der Waals surface area contributed by atoms with Gasteiger partial charge in [0.2, 0.25) is 0 Å². The van der Waals surface area contributed by atoms with Crippen molar-refractivity contribution < 1.29 is 13.2 Å². The third kappa shape index (κ3) is 2.81. The highest BCUT2D eigenvalue weighted by molar-refractivity contribution is 7.92. The van der Waals surface area contributed by atoms with E-state index in [1.165, 1.54) is 0 Å². The predicted molar refractivity (Wildman–Crippen MR) is 65.8 cm³/mol. The maximum Gasteiger partial charge on any atom is 0.155 e. The standard InChI is InChI=1S/C11H20N2O3S/c12-13-11(9-4-3-6-16-8-9)10-5-1-2-7-17(10,14)15/h8,10-11,13H,1-7,12H2. The van der Waals surface area contributed by atoms with E-state index in [4.69, 9.17) is 10.6 Å². The zero-order valence-corrected chi connectivity index (χ0v) is 10.7. The van der Waals surface area contributed by atoms with E-state index in [0.717, 1.165) is 31.3 Å². The van der Waals surface area contributed by atoms with Crippen molar-refractivity contribution in [1.29, 1.82) is 0 Å². The Bertz CT molecular complexity index is 392. The molecule has 1 fully saturated rings. The van der Waals surface area contributed by atoms with E-state index in [0.29, 0.717) is 13.0 Å². The van der Waals surface area contributed by atoms with Gasteiger partial charge in [0.1, 0.15) is 0 Å². The zero-order valence-electron chi connectivity index (χ0n) is 9.89. The maximum atomic E-state index is 12.1. The van der Waals surface area contributed by atoms with E-state index >= 15 is 0 Å². The number of hydrazine groups is 1. The predicted octanol–water partition coefficient (Wildman–Crippen LogP) is 0.480. The molecule has 5 nitrogen and oxygen atoms in total. The monoisotopic (exact) mass is 260 g/mol. The van der Waals surface area contributed by atoms with Crippen LogP contribution in [0.2, 0.25) is 0 Å². The van der Waals surface area contributed by atoms with E-state index in [-0.39, 0.29) is 11.8 Å². The Morgan fingerprint density at radius 1 is 1.41 bits per heavy atom. The summed E-state index contributed by atoms with van der Waals surface area (Å²) in [5.41, 5.74) is 3.65. The molecular formula is C11H20N2O3S. The van der Waals surface area contributed by atoms with Crippen molar-refractivity contribution in [1.82, 2.24) is 5.43 Å². The molecule has 6 heteroatoms. The first-order valence-electron chi connectivity index (χ1n) is 6.13. The first-order chi connectivity index (χ1) is 8.15. The number of ether oxygens (including phenoxy) is 1. The van der Waals surface area contributed by atoms with Crippen molar-refractivity contribution in [3.8, 4) is 0 Å². The van der Waals surface area contributed by atoms with Gasteiger partial charge in [-0.2, -0.15) is 0 Å². The Kier molecular flexibility index (Phi) is 4.06. The van der Waals surface area contributed by atoms with Crippen LogP contribution in [0.25, 0.3) is 0 Å². The minimum absolute atomic E-state index is 0.282. The minimum Gasteiger partial charge on any atom is -0.501 e. The Morgan fingerprint density at radius 3 is 2.82 bits per heavy atom. The molecule has 0 aromatic rings. The second-order valence-corrected chi connectivity index (χ2v) is 7.05. The van der Waals surface area contributed by atoms with Crippen molar-refractivity contribution in [2.75, 3.05) is 12.4 Å². The molecule has 98 valence electrons. The fourth-order valence-electron chi connectivity index (χ4n) is 2.62. The Balaban J connectivity index is 2.19. The van der Waals surface area contributed by atoms with Crippen LogP contribution in [-0.4, -0.2) is 32.1 Å². The van der Waals surface area contributed by atoms with E-state index in [1.807, 2.05) is 0 Å². The van der Waals surface area contributed by atoms with Crippen molar-refractivity contribution in [3.63, 3.8) is 0 Å². The largest absolute Gasteiger partial charge is 0.501 e. The summed E-state index contributed by atoms with van der Waals surface area (Å²) in [6, 6.07) is -0.291. The lowest BCUT2D eigenvalue weighted by atomic mass is 9.96. The Hall–Kier alpha value is -0.590. The maximum absolute atomic E-state index is 12.1. The average Bonchev–Trinajstić information content (AvgIpc) is 2.33. The second-order valence-electron chi connectivity index (χ2n) is 4.71. The summed E-state index contributed by atoms with van der Waals surface area (Å²) in [5.74, 6) is 5.83. The van der Waals surface area contributed by atoms with Gasteiger partial charge in [0, 0.05) is 0 Å². The molecule has 2 aliphatic rings. The molecule has 0 aromatic heterocycles. The van der Waals surface area contributed by atoms with Crippen LogP contribution in [0.15, 0.2) is 11.8 Å². The van der Waals surface area contributed by atoms with E-state index in [9.17, 15) is 8.42 Å². The van der Waals surface area contributed by atoms with Crippen molar-refractivity contribution in [2.45, 2.75) is 43.4 Å². The molecule has 2 atom stereocenters. The first-order valence-corrected chi connectivity index (χ1v) is 7.85. The quantitative estimate of drug-likeness (QED) is 0.570. The molecular weight excluding hydrogens is 240 g/mol. The molecule has 0 spiro atoms. The number of nitrogens with two attached hydrogens (primary N) is 1. The smallest absolute Gasteiger partial charge is 0.155 e. The van der Waals surface area contributed by atoms with Gasteiger partial charge in [-0.15, -0.1) is 0 Å². The molecule has 2 heterocycles. The number of nitrogens with one attached hydrogen (secondary N) is 1. The average molecular weight is 260 g/mol. The molecule has 0 bridgehead atoms. The van der Waals surface area contributed by atoms with Gasteiger partial charge in [-0.3, -0.25) is 11.3 Å². The fourth-order valence-corrected chi connectivity index (χ4v) is 4.72. The summed E-state index contributed by atoms with van der Waals surface area (Å²) >= 11 is 0. The van der Waals surface area contributed by atoms with Crippen LogP contribution in [0, 0.1) is 0 Å². The molecule has 3 N–H and O–H groups in total. The summed E-state index contributed by atoms with van der Waals surface area (Å²) in [6.45, 7) is 0.707. The molecule has 0 aliphatic carbocycles. The lowest BCUT2D eigenvalue weighted by Gasteiger charge is -2.32. The van der Waals surface area contributed by atoms with Crippen molar-refractivity contribution in [2.24, 2.45) is 5.84 Å². The summed E-state index contributed by atoms with van der Waals surface area (Å²) in [6.07, 6.45) is 5.88. The molecule has 17 heavy (non-hydrogen) atoms. The van der Waals surface area contributed by atoms with Crippen LogP contribution in [-0.2, 0) is 14.6 Å². The molecule has 2 rings (SSSR count). The van der Waals surface area contributed by atoms with Crippen molar-refractivity contribution >= 4 is 9.84 Å². The minimum atomic E-state index is -3.02. The molecule has 1 saturated heterocycles. The lowest BCUT2D eigenvalue weighted by Crippen LogP contribution is -2.50. The van der Waals surface area contributed by atoms with Gasteiger partial charge in [0.25, 0.3) is 0 Å². The number of sulfone groups is 1. The van der Waals surface area contributed by atoms with Gasteiger partial charge in [0.15, 0.2) is 9.84 Å². The van der Waals surface area contributed by atoms with E-state index in [1.54, 1.807) is 6.26 Å². The van der Waals surface area contributed by atoms with E-state index in [2.05, 4.69) is 5.43 Å². The summed E-state index contributed by atoms with van der Waals surface area (Å²) in [4.78, 5) is 0. The first kappa shape index (κ1) is 12.9. The molecule has 2 unspecified atom stereocenters. The highest BCUT2D eigenvalue weighted by atomic mass is 32.2. The topological polar surface area (TPSA) is 81.4 Å². The highest BCUT2D eigenvalue weighted by Crippen LogP contribution is 2.28. The van der Waals surface area contributed by atoms with Crippen LogP contribution in [0.1, 0.15) is 32.1 Å². The molecule has 0 saturated carbocycles.